The van der Waals surface area contributed by atoms with Crippen LogP contribution < -0.4 is 0 Å². The van der Waals surface area contributed by atoms with Crippen molar-refractivity contribution in [3.63, 3.8) is 0 Å². The summed E-state index contributed by atoms with van der Waals surface area (Å²) < 4.78 is 5.37. The van der Waals surface area contributed by atoms with Crippen LogP contribution in [0.1, 0.15) is 34.1 Å². The fourth-order valence-electron chi connectivity index (χ4n) is 2.30. The molecule has 16 heavy (non-hydrogen) atoms. The van der Waals surface area contributed by atoms with Gasteiger partial charge in [0.2, 0.25) is 0 Å². The molecule has 0 spiro atoms. The summed E-state index contributed by atoms with van der Waals surface area (Å²) >= 11 is 0. The Morgan fingerprint density at radius 1 is 1.19 bits per heavy atom. The Kier molecular flexibility index (Phi) is 6.32. The third-order valence-electron chi connectivity index (χ3n) is 3.60. The van der Waals surface area contributed by atoms with Crippen LogP contribution in [0.5, 0.6) is 0 Å². The van der Waals surface area contributed by atoms with Crippen LogP contribution in [-0.4, -0.2) is 61.3 Å². The second kappa shape index (κ2) is 7.25. The SMILES string of the molecule is CCC(C)N(CCN1CCOCC1)C(C)C. The van der Waals surface area contributed by atoms with E-state index in [-0.39, 0.29) is 0 Å². The third-order valence-corrected chi connectivity index (χ3v) is 3.60. The molecule has 0 aromatic carbocycles. The predicted octanol–water partition coefficient (Wildman–Crippen LogP) is 1.83. The minimum atomic E-state index is 0.649. The van der Waals surface area contributed by atoms with Gasteiger partial charge in [-0.25, -0.2) is 0 Å². The molecule has 0 aromatic heterocycles. The Morgan fingerprint density at radius 3 is 2.31 bits per heavy atom. The molecule has 0 amide bonds. The van der Waals surface area contributed by atoms with E-state index in [0.717, 1.165) is 26.3 Å². The van der Waals surface area contributed by atoms with Crippen molar-refractivity contribution in [1.82, 2.24) is 9.80 Å². The molecule has 1 aliphatic rings. The normalized spacial score (nSPS) is 20.6. The number of hydrogen-bond acceptors (Lipinski definition) is 3. The molecular weight excluding hydrogens is 200 g/mol. The third kappa shape index (κ3) is 4.40. The molecule has 0 N–H and O–H groups in total. The summed E-state index contributed by atoms with van der Waals surface area (Å²) in [6.45, 7) is 15.6. The van der Waals surface area contributed by atoms with E-state index in [1.807, 2.05) is 0 Å². The molecular formula is C13H28N2O. The zero-order valence-corrected chi connectivity index (χ0v) is 11.4. The Balaban J connectivity index is 2.31. The van der Waals surface area contributed by atoms with E-state index in [1.54, 1.807) is 0 Å². The van der Waals surface area contributed by atoms with Gasteiger partial charge >= 0.3 is 0 Å². The van der Waals surface area contributed by atoms with E-state index in [2.05, 4.69) is 37.5 Å². The first-order chi connectivity index (χ1) is 7.65. The first-order valence-corrected chi connectivity index (χ1v) is 6.71. The maximum absolute atomic E-state index is 5.37. The van der Waals surface area contributed by atoms with Crippen LogP contribution in [0.3, 0.4) is 0 Å². The minimum absolute atomic E-state index is 0.649. The zero-order chi connectivity index (χ0) is 12.0. The van der Waals surface area contributed by atoms with Gasteiger partial charge in [-0.2, -0.15) is 0 Å². The Labute approximate surface area is 101 Å². The lowest BCUT2D eigenvalue weighted by Crippen LogP contribution is -2.46. The van der Waals surface area contributed by atoms with E-state index in [1.165, 1.54) is 19.5 Å². The molecule has 1 atom stereocenters. The van der Waals surface area contributed by atoms with E-state index < -0.39 is 0 Å². The molecule has 1 rings (SSSR count). The molecule has 0 aliphatic carbocycles. The highest BCUT2D eigenvalue weighted by Crippen LogP contribution is 2.09. The quantitative estimate of drug-likeness (QED) is 0.690. The fraction of sp³-hybridized carbons (Fsp3) is 1.00. The standard InChI is InChI=1S/C13H28N2O/c1-5-13(4)15(12(2)3)7-6-14-8-10-16-11-9-14/h12-13H,5-11H2,1-4H3. The molecule has 3 nitrogen and oxygen atoms in total. The zero-order valence-electron chi connectivity index (χ0n) is 11.4. The summed E-state index contributed by atoms with van der Waals surface area (Å²) in [4.78, 5) is 5.12. The van der Waals surface area contributed by atoms with Gasteiger partial charge in [-0.15, -0.1) is 0 Å². The molecule has 0 saturated carbocycles. The van der Waals surface area contributed by atoms with Crippen LogP contribution in [0, 0.1) is 0 Å². The molecule has 96 valence electrons. The first-order valence-electron chi connectivity index (χ1n) is 6.71. The van der Waals surface area contributed by atoms with Crippen LogP contribution in [-0.2, 0) is 4.74 Å². The van der Waals surface area contributed by atoms with E-state index in [0.29, 0.717) is 12.1 Å². The van der Waals surface area contributed by atoms with Gasteiger partial charge in [0.1, 0.15) is 0 Å². The number of nitrogens with zero attached hydrogens (tertiary/aromatic N) is 2. The monoisotopic (exact) mass is 228 g/mol. The van der Waals surface area contributed by atoms with Crippen molar-refractivity contribution in [3.05, 3.63) is 0 Å². The highest BCUT2D eigenvalue weighted by molar-refractivity contribution is 4.72. The fourth-order valence-corrected chi connectivity index (χ4v) is 2.30. The van der Waals surface area contributed by atoms with Gasteiger partial charge in [0, 0.05) is 38.3 Å². The lowest BCUT2D eigenvalue weighted by atomic mass is 10.1. The summed E-state index contributed by atoms with van der Waals surface area (Å²) in [7, 11) is 0. The van der Waals surface area contributed by atoms with Crippen molar-refractivity contribution >= 4 is 0 Å². The topological polar surface area (TPSA) is 15.7 Å². The van der Waals surface area contributed by atoms with Gasteiger partial charge in [0.15, 0.2) is 0 Å². The number of rotatable bonds is 6. The lowest BCUT2D eigenvalue weighted by Gasteiger charge is -2.35. The summed E-state index contributed by atoms with van der Waals surface area (Å²) in [6, 6.07) is 1.34. The molecule has 0 radical (unpaired) electrons. The van der Waals surface area contributed by atoms with Crippen LogP contribution in [0.4, 0.5) is 0 Å². The average Bonchev–Trinajstić information content (AvgIpc) is 2.30. The Bertz CT molecular complexity index is 179. The van der Waals surface area contributed by atoms with Crippen molar-refractivity contribution in [2.75, 3.05) is 39.4 Å². The minimum Gasteiger partial charge on any atom is -0.379 e. The van der Waals surface area contributed by atoms with Gasteiger partial charge in [-0.05, 0) is 27.2 Å². The predicted molar refractivity (Wildman–Crippen MR) is 68.9 cm³/mol. The highest BCUT2D eigenvalue weighted by atomic mass is 16.5. The Hall–Kier alpha value is -0.120. The van der Waals surface area contributed by atoms with Crippen molar-refractivity contribution < 1.29 is 4.74 Å². The van der Waals surface area contributed by atoms with Gasteiger partial charge < -0.3 is 4.74 Å². The molecule has 1 fully saturated rings. The van der Waals surface area contributed by atoms with Gasteiger partial charge in [-0.1, -0.05) is 6.92 Å². The van der Waals surface area contributed by atoms with Crippen molar-refractivity contribution in [2.24, 2.45) is 0 Å². The summed E-state index contributed by atoms with van der Waals surface area (Å²) in [5.41, 5.74) is 0. The summed E-state index contributed by atoms with van der Waals surface area (Å²) in [5.74, 6) is 0. The van der Waals surface area contributed by atoms with E-state index in [9.17, 15) is 0 Å². The van der Waals surface area contributed by atoms with Crippen molar-refractivity contribution in [3.8, 4) is 0 Å². The van der Waals surface area contributed by atoms with Crippen LogP contribution in [0.2, 0.25) is 0 Å². The van der Waals surface area contributed by atoms with Gasteiger partial charge in [-0.3, -0.25) is 9.80 Å². The molecule has 0 bridgehead atoms. The van der Waals surface area contributed by atoms with Crippen molar-refractivity contribution in [2.45, 2.75) is 46.2 Å². The average molecular weight is 228 g/mol. The largest absolute Gasteiger partial charge is 0.379 e. The summed E-state index contributed by atoms with van der Waals surface area (Å²) in [6.07, 6.45) is 1.24. The lowest BCUT2D eigenvalue weighted by molar-refractivity contribution is 0.0284. The smallest absolute Gasteiger partial charge is 0.0594 e. The van der Waals surface area contributed by atoms with Crippen molar-refractivity contribution in [1.29, 1.82) is 0 Å². The van der Waals surface area contributed by atoms with E-state index in [4.69, 9.17) is 4.74 Å². The van der Waals surface area contributed by atoms with Crippen LogP contribution in [0.25, 0.3) is 0 Å². The summed E-state index contributed by atoms with van der Waals surface area (Å²) in [5, 5.41) is 0. The Morgan fingerprint density at radius 2 is 1.81 bits per heavy atom. The maximum atomic E-state index is 5.37. The molecule has 3 heteroatoms. The first kappa shape index (κ1) is 13.9. The molecule has 1 aliphatic heterocycles. The molecule has 1 unspecified atom stereocenters. The number of ether oxygens (including phenoxy) is 1. The molecule has 1 heterocycles. The van der Waals surface area contributed by atoms with Gasteiger partial charge in [0.25, 0.3) is 0 Å². The molecule has 0 aromatic rings. The second-order valence-electron chi connectivity index (χ2n) is 5.04. The number of hydrogen-bond donors (Lipinski definition) is 0. The van der Waals surface area contributed by atoms with Crippen LogP contribution in [0.15, 0.2) is 0 Å². The number of morpholine rings is 1. The van der Waals surface area contributed by atoms with Gasteiger partial charge in [0.05, 0.1) is 13.2 Å². The van der Waals surface area contributed by atoms with E-state index >= 15 is 0 Å². The molecule has 1 saturated heterocycles. The maximum Gasteiger partial charge on any atom is 0.0594 e. The van der Waals surface area contributed by atoms with Crippen LogP contribution >= 0.6 is 0 Å². The second-order valence-corrected chi connectivity index (χ2v) is 5.04. The highest BCUT2D eigenvalue weighted by Gasteiger charge is 2.17.